The molecule has 2 N–H and O–H groups in total. The molecule has 1 saturated carbocycles. The highest BCUT2D eigenvalue weighted by atomic mass is 19.3. The predicted molar refractivity (Wildman–Crippen MR) is 34.3 cm³/mol. The Labute approximate surface area is 67.2 Å². The van der Waals surface area contributed by atoms with Crippen molar-refractivity contribution < 1.29 is 18.3 Å². The second-order valence-electron chi connectivity index (χ2n) is 3.39. The molecule has 1 aliphatic heterocycles. The van der Waals surface area contributed by atoms with Crippen molar-refractivity contribution in [3.05, 3.63) is 0 Å². The molecule has 2 aliphatic rings. The number of carbonyl (C=O) groups is 1. The van der Waals surface area contributed by atoms with Gasteiger partial charge in [-0.1, -0.05) is 0 Å². The van der Waals surface area contributed by atoms with Crippen LogP contribution in [-0.4, -0.2) is 29.2 Å². The van der Waals surface area contributed by atoms with Gasteiger partial charge in [0.05, 0.1) is 19.4 Å². The van der Waals surface area contributed by atoms with Gasteiger partial charge in [-0.25, -0.2) is 24.4 Å². The molecule has 1 amide bonds. The Morgan fingerprint density at radius 1 is 1.50 bits per heavy atom. The van der Waals surface area contributed by atoms with E-state index in [0.717, 1.165) is 5.01 Å². The van der Waals surface area contributed by atoms with Crippen LogP contribution in [0.2, 0.25) is 0 Å². The number of hydrogen-bond acceptors (Lipinski definition) is 3. The van der Waals surface area contributed by atoms with Crippen LogP contribution in [0, 0.1) is 0 Å². The zero-order chi connectivity index (χ0) is 8.98. The lowest BCUT2D eigenvalue weighted by Crippen LogP contribution is -2.54. The molecule has 1 spiro atoms. The monoisotopic (exact) mass is 178 g/mol. The third kappa shape index (κ3) is 0.945. The van der Waals surface area contributed by atoms with Gasteiger partial charge in [-0.15, -0.1) is 0 Å². The first kappa shape index (κ1) is 7.72. The summed E-state index contributed by atoms with van der Waals surface area (Å²) in [6.07, 6.45) is -1.52. The molecular formula is C6H8F2N2O2. The Hall–Kier alpha value is -0.910. The molecule has 0 aromatic heterocycles. The highest BCUT2D eigenvalue weighted by Crippen LogP contribution is 2.50. The third-order valence-electron chi connectivity index (χ3n) is 2.16. The Kier molecular flexibility index (Phi) is 1.21. The highest BCUT2D eigenvalue weighted by molar-refractivity contribution is 5.70. The maximum absolute atomic E-state index is 12.4. The SMILES string of the molecule is NN1CC2(CC(F)(F)C2)OC1=O. The summed E-state index contributed by atoms with van der Waals surface area (Å²) >= 11 is 0. The van der Waals surface area contributed by atoms with Crippen LogP contribution in [0.3, 0.4) is 0 Å². The van der Waals surface area contributed by atoms with E-state index >= 15 is 0 Å². The molecule has 1 aliphatic carbocycles. The van der Waals surface area contributed by atoms with Crippen molar-refractivity contribution in [3.8, 4) is 0 Å². The van der Waals surface area contributed by atoms with Gasteiger partial charge in [0.25, 0.3) is 5.92 Å². The normalized spacial score (nSPS) is 30.2. The fourth-order valence-electron chi connectivity index (χ4n) is 1.73. The number of amides is 1. The molecule has 0 bridgehead atoms. The Balaban J connectivity index is 2.05. The molecule has 4 nitrogen and oxygen atoms in total. The average molecular weight is 178 g/mol. The summed E-state index contributed by atoms with van der Waals surface area (Å²) < 4.78 is 29.6. The van der Waals surface area contributed by atoms with E-state index in [9.17, 15) is 13.6 Å². The van der Waals surface area contributed by atoms with Gasteiger partial charge < -0.3 is 4.74 Å². The first-order valence-electron chi connectivity index (χ1n) is 3.56. The molecule has 12 heavy (non-hydrogen) atoms. The van der Waals surface area contributed by atoms with Crippen molar-refractivity contribution in [2.24, 2.45) is 5.84 Å². The van der Waals surface area contributed by atoms with E-state index in [1.165, 1.54) is 0 Å². The number of hydrazine groups is 1. The van der Waals surface area contributed by atoms with E-state index in [4.69, 9.17) is 10.6 Å². The number of alkyl halides is 2. The first-order chi connectivity index (χ1) is 5.43. The van der Waals surface area contributed by atoms with Gasteiger partial charge in [-0.3, -0.25) is 0 Å². The van der Waals surface area contributed by atoms with Crippen LogP contribution in [0.5, 0.6) is 0 Å². The number of carbonyl (C=O) groups excluding carboxylic acids is 1. The molecule has 6 heteroatoms. The number of nitrogens with two attached hydrogens (primary N) is 1. The Bertz CT molecular complexity index is 236. The maximum Gasteiger partial charge on any atom is 0.424 e. The van der Waals surface area contributed by atoms with Gasteiger partial charge in [0, 0.05) is 0 Å². The molecule has 0 aromatic carbocycles. The van der Waals surface area contributed by atoms with Crippen LogP contribution in [0.15, 0.2) is 0 Å². The number of halogens is 2. The summed E-state index contributed by atoms with van der Waals surface area (Å²) in [6, 6.07) is 0. The second kappa shape index (κ2) is 1.87. The lowest BCUT2D eigenvalue weighted by atomic mass is 9.77. The molecular weight excluding hydrogens is 170 g/mol. The maximum atomic E-state index is 12.4. The first-order valence-corrected chi connectivity index (χ1v) is 3.56. The molecule has 2 rings (SSSR count). The molecule has 0 atom stereocenters. The van der Waals surface area contributed by atoms with Gasteiger partial charge in [-0.05, 0) is 0 Å². The smallest absolute Gasteiger partial charge is 0.424 e. The van der Waals surface area contributed by atoms with Gasteiger partial charge in [0.15, 0.2) is 0 Å². The van der Waals surface area contributed by atoms with Crippen LogP contribution in [0.25, 0.3) is 0 Å². The average Bonchev–Trinajstić information content (AvgIpc) is 2.04. The van der Waals surface area contributed by atoms with E-state index in [2.05, 4.69) is 0 Å². The Morgan fingerprint density at radius 2 is 2.08 bits per heavy atom. The molecule has 0 radical (unpaired) electrons. The van der Waals surface area contributed by atoms with E-state index in [-0.39, 0.29) is 6.54 Å². The lowest BCUT2D eigenvalue weighted by molar-refractivity contribution is -0.188. The molecule has 1 saturated heterocycles. The third-order valence-corrected chi connectivity index (χ3v) is 2.16. The van der Waals surface area contributed by atoms with Crippen molar-refractivity contribution >= 4 is 6.09 Å². The van der Waals surface area contributed by atoms with Crippen LogP contribution in [0.4, 0.5) is 13.6 Å². The van der Waals surface area contributed by atoms with E-state index in [1.807, 2.05) is 0 Å². The standard InChI is InChI=1S/C6H8F2N2O2/c7-6(8)1-5(2-6)3-10(9)4(11)12-5/h1-3,9H2. The van der Waals surface area contributed by atoms with Crippen molar-refractivity contribution in [1.29, 1.82) is 0 Å². The van der Waals surface area contributed by atoms with Gasteiger partial charge in [0.1, 0.15) is 5.60 Å². The van der Waals surface area contributed by atoms with Crippen molar-refractivity contribution in [2.45, 2.75) is 24.4 Å². The van der Waals surface area contributed by atoms with Crippen LogP contribution in [0.1, 0.15) is 12.8 Å². The molecule has 68 valence electrons. The topological polar surface area (TPSA) is 55.6 Å². The molecule has 0 aromatic rings. The largest absolute Gasteiger partial charge is 0.439 e. The number of rotatable bonds is 0. The van der Waals surface area contributed by atoms with Crippen LogP contribution in [-0.2, 0) is 4.74 Å². The predicted octanol–water partition coefficient (Wildman–Crippen LogP) is 0.480. The molecule has 2 fully saturated rings. The highest BCUT2D eigenvalue weighted by Gasteiger charge is 2.63. The number of ether oxygens (including phenoxy) is 1. The minimum atomic E-state index is -2.69. The number of hydrogen-bond donors (Lipinski definition) is 1. The van der Waals surface area contributed by atoms with Gasteiger partial charge in [0.2, 0.25) is 0 Å². The number of nitrogens with zero attached hydrogens (tertiary/aromatic N) is 1. The van der Waals surface area contributed by atoms with Crippen LogP contribution < -0.4 is 5.84 Å². The summed E-state index contributed by atoms with van der Waals surface area (Å²) in [5.74, 6) is 2.48. The fraction of sp³-hybridized carbons (Fsp3) is 0.833. The van der Waals surface area contributed by atoms with Crippen molar-refractivity contribution in [2.75, 3.05) is 6.54 Å². The fourth-order valence-corrected chi connectivity index (χ4v) is 1.73. The lowest BCUT2D eigenvalue weighted by Gasteiger charge is -2.41. The minimum Gasteiger partial charge on any atom is -0.439 e. The van der Waals surface area contributed by atoms with Gasteiger partial charge >= 0.3 is 6.09 Å². The van der Waals surface area contributed by atoms with Crippen molar-refractivity contribution in [3.63, 3.8) is 0 Å². The molecule has 0 unspecified atom stereocenters. The van der Waals surface area contributed by atoms with Crippen LogP contribution >= 0.6 is 0 Å². The summed E-state index contributed by atoms with van der Waals surface area (Å²) in [5.41, 5.74) is -1.00. The van der Waals surface area contributed by atoms with E-state index in [0.29, 0.717) is 0 Å². The minimum absolute atomic E-state index is 0.0709. The zero-order valence-corrected chi connectivity index (χ0v) is 6.22. The van der Waals surface area contributed by atoms with E-state index in [1.54, 1.807) is 0 Å². The van der Waals surface area contributed by atoms with Crippen molar-refractivity contribution in [1.82, 2.24) is 5.01 Å². The second-order valence-corrected chi connectivity index (χ2v) is 3.39. The summed E-state index contributed by atoms with van der Waals surface area (Å²) in [6.45, 7) is 0.0709. The quantitative estimate of drug-likeness (QED) is 0.433. The van der Waals surface area contributed by atoms with E-state index < -0.39 is 30.5 Å². The Morgan fingerprint density at radius 3 is 2.42 bits per heavy atom. The summed E-state index contributed by atoms with van der Waals surface area (Å²) in [5, 5.41) is 0.829. The van der Waals surface area contributed by atoms with Gasteiger partial charge in [-0.2, -0.15) is 0 Å². The summed E-state index contributed by atoms with van der Waals surface area (Å²) in [4.78, 5) is 10.7. The molecule has 1 heterocycles. The summed E-state index contributed by atoms with van der Waals surface area (Å²) in [7, 11) is 0. The zero-order valence-electron chi connectivity index (χ0n) is 6.22.